The number of nitrogens with two attached hydrogens (primary N) is 2. The number of carbonyl (C=O) groups excluding carboxylic acids is 1. The fraction of sp³-hybridized carbons (Fsp3) is 0.100. The second-order valence-corrected chi connectivity index (χ2v) is 4.11. The molecule has 1 aromatic heterocycles. The van der Waals surface area contributed by atoms with Gasteiger partial charge >= 0.3 is 0 Å². The van der Waals surface area contributed by atoms with E-state index in [0.717, 1.165) is 16.4 Å². The highest BCUT2D eigenvalue weighted by atomic mass is 32.1. The predicted molar refractivity (Wildman–Crippen MR) is 62.6 cm³/mol. The molecule has 15 heavy (non-hydrogen) atoms. The Morgan fingerprint density at radius 3 is 2.73 bits per heavy atom. The number of rotatable bonds is 2. The van der Waals surface area contributed by atoms with Gasteiger partial charge in [-0.05, 0) is 12.1 Å². The fourth-order valence-electron chi connectivity index (χ4n) is 1.49. The molecule has 0 atom stereocenters. The van der Waals surface area contributed by atoms with Gasteiger partial charge in [0.25, 0.3) is 0 Å². The van der Waals surface area contributed by atoms with E-state index in [-0.39, 0.29) is 0 Å². The van der Waals surface area contributed by atoms with Crippen molar-refractivity contribution in [3.63, 3.8) is 0 Å². The molecule has 0 aliphatic rings. The molecule has 0 bridgehead atoms. The molecule has 2 aromatic rings. The lowest BCUT2D eigenvalue weighted by molar-refractivity contribution is 0.112. The molecule has 0 saturated carbocycles. The summed E-state index contributed by atoms with van der Waals surface area (Å²) >= 11 is 1.28. The molecule has 0 aliphatic carbocycles. The van der Waals surface area contributed by atoms with Crippen LogP contribution in [-0.2, 0) is 0 Å². The summed E-state index contributed by atoms with van der Waals surface area (Å²) in [5.74, 6) is 0.640. The van der Waals surface area contributed by atoms with Gasteiger partial charge in [0.15, 0.2) is 6.29 Å². The van der Waals surface area contributed by atoms with E-state index in [4.69, 9.17) is 16.2 Å². The lowest BCUT2D eigenvalue weighted by Gasteiger charge is -2.04. The van der Waals surface area contributed by atoms with E-state index in [2.05, 4.69) is 0 Å². The highest BCUT2D eigenvalue weighted by molar-refractivity contribution is 7.22. The molecule has 1 heterocycles. The summed E-state index contributed by atoms with van der Waals surface area (Å²) in [5, 5.41) is 0.726. The molecule has 4 N–H and O–H groups in total. The topological polar surface area (TPSA) is 78.3 Å². The average molecular weight is 222 g/mol. The number of carbonyl (C=O) groups is 1. The first-order valence-corrected chi connectivity index (χ1v) is 5.10. The van der Waals surface area contributed by atoms with Crippen molar-refractivity contribution in [1.82, 2.24) is 0 Å². The summed E-state index contributed by atoms with van der Waals surface area (Å²) in [5.41, 5.74) is 12.7. The maximum absolute atomic E-state index is 10.8. The van der Waals surface area contributed by atoms with Crippen molar-refractivity contribution in [3.8, 4) is 5.75 Å². The lowest BCUT2D eigenvalue weighted by atomic mass is 10.2. The number of thiophene rings is 1. The maximum atomic E-state index is 10.8. The molecular weight excluding hydrogens is 212 g/mol. The second-order valence-electron chi connectivity index (χ2n) is 3.06. The van der Waals surface area contributed by atoms with Gasteiger partial charge in [-0.2, -0.15) is 0 Å². The Hall–Kier alpha value is -1.75. The minimum Gasteiger partial charge on any atom is -0.496 e. The Bertz CT molecular complexity index is 534. The first-order valence-electron chi connectivity index (χ1n) is 4.28. The van der Waals surface area contributed by atoms with E-state index < -0.39 is 0 Å². The molecular formula is C10H10N2O2S. The number of nitrogen functional groups attached to an aromatic ring is 2. The van der Waals surface area contributed by atoms with Crippen LogP contribution >= 0.6 is 11.3 Å². The molecule has 0 saturated heterocycles. The third-order valence-electron chi connectivity index (χ3n) is 2.22. The van der Waals surface area contributed by atoms with Gasteiger partial charge in [0, 0.05) is 5.69 Å². The standard InChI is InChI=1S/C10H10N2O2S/c1-14-6-3-2-5(11)10-8(6)9(12)7(4-13)15-10/h2-4H,11-12H2,1H3. The smallest absolute Gasteiger partial charge is 0.162 e. The van der Waals surface area contributed by atoms with Crippen LogP contribution in [0, 0.1) is 0 Å². The highest BCUT2D eigenvalue weighted by Crippen LogP contribution is 2.41. The van der Waals surface area contributed by atoms with Crippen molar-refractivity contribution in [3.05, 3.63) is 17.0 Å². The molecule has 78 valence electrons. The molecule has 0 fully saturated rings. The van der Waals surface area contributed by atoms with Crippen LogP contribution in [0.5, 0.6) is 5.75 Å². The van der Waals surface area contributed by atoms with E-state index >= 15 is 0 Å². The van der Waals surface area contributed by atoms with Crippen molar-refractivity contribution >= 4 is 39.1 Å². The maximum Gasteiger partial charge on any atom is 0.162 e. The third-order valence-corrected chi connectivity index (χ3v) is 3.40. The quantitative estimate of drug-likeness (QED) is 0.600. The minimum absolute atomic E-state index is 0.439. The van der Waals surface area contributed by atoms with Gasteiger partial charge in [-0.3, -0.25) is 4.79 Å². The van der Waals surface area contributed by atoms with Crippen molar-refractivity contribution in [2.24, 2.45) is 0 Å². The van der Waals surface area contributed by atoms with Crippen LogP contribution < -0.4 is 16.2 Å². The molecule has 5 heteroatoms. The van der Waals surface area contributed by atoms with Crippen molar-refractivity contribution in [2.75, 3.05) is 18.6 Å². The van der Waals surface area contributed by atoms with Gasteiger partial charge in [0.2, 0.25) is 0 Å². The number of hydrogen-bond acceptors (Lipinski definition) is 5. The van der Waals surface area contributed by atoms with Crippen LogP contribution in [0.15, 0.2) is 12.1 Å². The van der Waals surface area contributed by atoms with E-state index in [1.165, 1.54) is 11.3 Å². The Labute approximate surface area is 90.4 Å². The van der Waals surface area contributed by atoms with E-state index in [1.54, 1.807) is 19.2 Å². The SMILES string of the molecule is COc1ccc(N)c2sc(C=O)c(N)c12. The molecule has 0 unspecified atom stereocenters. The number of aldehydes is 1. The van der Waals surface area contributed by atoms with Crippen molar-refractivity contribution < 1.29 is 9.53 Å². The number of fused-ring (bicyclic) bond motifs is 1. The summed E-state index contributed by atoms with van der Waals surface area (Å²) in [6.45, 7) is 0. The summed E-state index contributed by atoms with van der Waals surface area (Å²) in [4.78, 5) is 11.2. The van der Waals surface area contributed by atoms with Gasteiger partial charge in [0.1, 0.15) is 5.75 Å². The predicted octanol–water partition coefficient (Wildman–Crippen LogP) is 1.89. The third kappa shape index (κ3) is 1.32. The summed E-state index contributed by atoms with van der Waals surface area (Å²) < 4.78 is 5.98. The Morgan fingerprint density at radius 1 is 1.40 bits per heavy atom. The molecule has 2 rings (SSSR count). The van der Waals surface area contributed by atoms with Gasteiger partial charge in [-0.25, -0.2) is 0 Å². The van der Waals surface area contributed by atoms with Crippen molar-refractivity contribution in [2.45, 2.75) is 0 Å². The van der Waals surface area contributed by atoms with Crippen LogP contribution in [0.4, 0.5) is 11.4 Å². The largest absolute Gasteiger partial charge is 0.496 e. The normalized spacial score (nSPS) is 10.5. The van der Waals surface area contributed by atoms with Gasteiger partial charge in [-0.1, -0.05) is 0 Å². The van der Waals surface area contributed by atoms with Gasteiger partial charge in [0.05, 0.1) is 27.8 Å². The molecule has 1 aromatic carbocycles. The van der Waals surface area contributed by atoms with Crippen LogP contribution in [0.25, 0.3) is 10.1 Å². The van der Waals surface area contributed by atoms with Gasteiger partial charge < -0.3 is 16.2 Å². The molecule has 4 nitrogen and oxygen atoms in total. The van der Waals surface area contributed by atoms with Crippen LogP contribution in [0.3, 0.4) is 0 Å². The zero-order chi connectivity index (χ0) is 11.0. The van der Waals surface area contributed by atoms with E-state index in [1.807, 2.05) is 0 Å². The molecule has 0 radical (unpaired) electrons. The van der Waals surface area contributed by atoms with Crippen molar-refractivity contribution in [1.29, 1.82) is 0 Å². The van der Waals surface area contributed by atoms with Crippen LogP contribution in [0.2, 0.25) is 0 Å². The molecule has 0 aliphatic heterocycles. The van der Waals surface area contributed by atoms with E-state index in [9.17, 15) is 4.79 Å². The fourth-order valence-corrected chi connectivity index (χ4v) is 2.47. The first-order chi connectivity index (χ1) is 7.19. The Morgan fingerprint density at radius 2 is 2.13 bits per heavy atom. The molecule has 0 spiro atoms. The number of anilines is 2. The Kier molecular flexibility index (Phi) is 2.24. The number of benzene rings is 1. The summed E-state index contributed by atoms with van der Waals surface area (Å²) in [6.07, 6.45) is 0.735. The zero-order valence-corrected chi connectivity index (χ0v) is 8.93. The van der Waals surface area contributed by atoms with Gasteiger partial charge in [-0.15, -0.1) is 11.3 Å². The first kappa shape index (κ1) is 9.79. The van der Waals surface area contributed by atoms with Crippen LogP contribution in [-0.4, -0.2) is 13.4 Å². The Balaban J connectivity index is 2.91. The minimum atomic E-state index is 0.439. The van der Waals surface area contributed by atoms with Crippen LogP contribution in [0.1, 0.15) is 9.67 Å². The van der Waals surface area contributed by atoms with E-state index in [0.29, 0.717) is 22.0 Å². The monoisotopic (exact) mass is 222 g/mol. The number of ether oxygens (including phenoxy) is 1. The number of hydrogen-bond donors (Lipinski definition) is 2. The number of methoxy groups -OCH3 is 1. The lowest BCUT2D eigenvalue weighted by Crippen LogP contribution is -1.91. The summed E-state index contributed by atoms with van der Waals surface area (Å²) in [6, 6.07) is 3.49. The second kappa shape index (κ2) is 3.43. The molecule has 0 amide bonds. The summed E-state index contributed by atoms with van der Waals surface area (Å²) in [7, 11) is 1.56. The average Bonchev–Trinajstić information content (AvgIpc) is 2.58. The highest BCUT2D eigenvalue weighted by Gasteiger charge is 2.14. The zero-order valence-electron chi connectivity index (χ0n) is 8.11.